The summed E-state index contributed by atoms with van der Waals surface area (Å²) in [5.41, 5.74) is 1.16. The average Bonchev–Trinajstić information content (AvgIpc) is 2.25. The number of amides is 1. The lowest BCUT2D eigenvalue weighted by atomic mass is 10.1. The molecule has 0 saturated heterocycles. The van der Waals surface area contributed by atoms with Crippen LogP contribution in [0.3, 0.4) is 0 Å². The van der Waals surface area contributed by atoms with Gasteiger partial charge in [0.05, 0.1) is 6.54 Å². The van der Waals surface area contributed by atoms with Gasteiger partial charge in [0.15, 0.2) is 0 Å². The summed E-state index contributed by atoms with van der Waals surface area (Å²) in [5.74, 6) is 0.0823. The number of carbonyl (C=O) groups is 1. The zero-order chi connectivity index (χ0) is 12.1. The molecule has 16 heavy (non-hydrogen) atoms. The molecule has 1 rings (SSSR count). The van der Waals surface area contributed by atoms with E-state index in [2.05, 4.69) is 21.2 Å². The number of rotatable bonds is 4. The number of benzene rings is 1. The first kappa shape index (κ1) is 13.2. The number of hydrogen-bond acceptors (Lipinski definition) is 2. The standard InChI is InChI=1S/C12H17BrN2O/c1-9(14-8-12(16)15(2)3)10-6-4-5-7-11(10)13/h4-7,9,14H,8H2,1-3H3/t9-/m1/s1. The molecular formula is C12H17BrN2O. The van der Waals surface area contributed by atoms with Crippen molar-refractivity contribution >= 4 is 21.8 Å². The smallest absolute Gasteiger partial charge is 0.236 e. The first-order chi connectivity index (χ1) is 7.52. The van der Waals surface area contributed by atoms with E-state index < -0.39 is 0 Å². The predicted molar refractivity (Wildman–Crippen MR) is 69.3 cm³/mol. The van der Waals surface area contributed by atoms with Crippen molar-refractivity contribution in [2.24, 2.45) is 0 Å². The quantitative estimate of drug-likeness (QED) is 0.919. The normalized spacial score (nSPS) is 12.2. The van der Waals surface area contributed by atoms with Gasteiger partial charge < -0.3 is 10.2 Å². The molecule has 0 aliphatic rings. The highest BCUT2D eigenvalue weighted by Crippen LogP contribution is 2.22. The topological polar surface area (TPSA) is 32.3 Å². The Morgan fingerprint density at radius 2 is 2.06 bits per heavy atom. The van der Waals surface area contributed by atoms with Crippen LogP contribution in [0.1, 0.15) is 18.5 Å². The Hall–Kier alpha value is -0.870. The molecular weight excluding hydrogens is 268 g/mol. The van der Waals surface area contributed by atoms with Crippen molar-refractivity contribution in [3.8, 4) is 0 Å². The minimum absolute atomic E-state index is 0.0823. The minimum atomic E-state index is 0.0823. The van der Waals surface area contributed by atoms with Crippen LogP contribution < -0.4 is 5.32 Å². The van der Waals surface area contributed by atoms with Gasteiger partial charge in [0, 0.05) is 24.6 Å². The maximum atomic E-state index is 11.4. The summed E-state index contributed by atoms with van der Waals surface area (Å²) in [7, 11) is 3.51. The molecule has 0 bridgehead atoms. The molecule has 0 saturated carbocycles. The third-order valence-corrected chi connectivity index (χ3v) is 3.15. The minimum Gasteiger partial charge on any atom is -0.348 e. The van der Waals surface area contributed by atoms with Gasteiger partial charge in [-0.25, -0.2) is 0 Å². The molecule has 0 aliphatic heterocycles. The largest absolute Gasteiger partial charge is 0.348 e. The van der Waals surface area contributed by atoms with Crippen molar-refractivity contribution in [1.82, 2.24) is 10.2 Å². The Balaban J connectivity index is 2.56. The zero-order valence-corrected chi connectivity index (χ0v) is 11.4. The van der Waals surface area contributed by atoms with Gasteiger partial charge in [-0.1, -0.05) is 34.1 Å². The second kappa shape index (κ2) is 6.01. The molecule has 0 radical (unpaired) electrons. The van der Waals surface area contributed by atoms with Crippen molar-refractivity contribution < 1.29 is 4.79 Å². The van der Waals surface area contributed by atoms with Gasteiger partial charge in [-0.05, 0) is 18.6 Å². The van der Waals surface area contributed by atoms with E-state index in [1.165, 1.54) is 0 Å². The van der Waals surface area contributed by atoms with E-state index in [9.17, 15) is 4.79 Å². The lowest BCUT2D eigenvalue weighted by Crippen LogP contribution is -2.34. The molecule has 1 amide bonds. The first-order valence-corrected chi connectivity index (χ1v) is 5.99. The Morgan fingerprint density at radius 1 is 1.44 bits per heavy atom. The maximum Gasteiger partial charge on any atom is 0.236 e. The van der Waals surface area contributed by atoms with Crippen molar-refractivity contribution in [3.05, 3.63) is 34.3 Å². The summed E-state index contributed by atoms with van der Waals surface area (Å²) in [5, 5.41) is 3.20. The number of nitrogens with zero attached hydrogens (tertiary/aromatic N) is 1. The van der Waals surface area contributed by atoms with Crippen LogP contribution in [-0.4, -0.2) is 31.4 Å². The summed E-state index contributed by atoms with van der Waals surface area (Å²) in [4.78, 5) is 13.0. The fraction of sp³-hybridized carbons (Fsp3) is 0.417. The van der Waals surface area contributed by atoms with E-state index in [4.69, 9.17) is 0 Å². The molecule has 1 N–H and O–H groups in total. The summed E-state index contributed by atoms with van der Waals surface area (Å²) in [6, 6.07) is 8.17. The lowest BCUT2D eigenvalue weighted by Gasteiger charge is -2.17. The van der Waals surface area contributed by atoms with Gasteiger partial charge in [0.2, 0.25) is 5.91 Å². The summed E-state index contributed by atoms with van der Waals surface area (Å²) < 4.78 is 1.06. The second-order valence-corrected chi connectivity index (χ2v) is 4.77. The molecule has 4 heteroatoms. The Bertz CT molecular complexity index is 366. The number of nitrogens with one attached hydrogen (secondary N) is 1. The van der Waals surface area contributed by atoms with Gasteiger partial charge in [-0.3, -0.25) is 4.79 Å². The fourth-order valence-corrected chi connectivity index (χ4v) is 1.96. The van der Waals surface area contributed by atoms with E-state index in [1.807, 2.05) is 31.2 Å². The van der Waals surface area contributed by atoms with Gasteiger partial charge in [-0.15, -0.1) is 0 Å². The van der Waals surface area contributed by atoms with Gasteiger partial charge >= 0.3 is 0 Å². The van der Waals surface area contributed by atoms with Crippen LogP contribution in [0.15, 0.2) is 28.7 Å². The fourth-order valence-electron chi connectivity index (χ4n) is 1.33. The van der Waals surface area contributed by atoms with E-state index >= 15 is 0 Å². The third-order valence-electron chi connectivity index (χ3n) is 2.43. The maximum absolute atomic E-state index is 11.4. The zero-order valence-electron chi connectivity index (χ0n) is 9.83. The van der Waals surface area contributed by atoms with E-state index in [-0.39, 0.29) is 11.9 Å². The number of hydrogen-bond donors (Lipinski definition) is 1. The van der Waals surface area contributed by atoms with Gasteiger partial charge in [-0.2, -0.15) is 0 Å². The molecule has 0 unspecified atom stereocenters. The second-order valence-electron chi connectivity index (χ2n) is 3.91. The van der Waals surface area contributed by atoms with Gasteiger partial charge in [0.1, 0.15) is 0 Å². The van der Waals surface area contributed by atoms with Crippen molar-refractivity contribution in [2.45, 2.75) is 13.0 Å². The summed E-state index contributed by atoms with van der Waals surface area (Å²) in [6.45, 7) is 2.40. The molecule has 0 heterocycles. The summed E-state index contributed by atoms with van der Waals surface area (Å²) in [6.07, 6.45) is 0. The molecule has 3 nitrogen and oxygen atoms in total. The first-order valence-electron chi connectivity index (χ1n) is 5.20. The number of likely N-dealkylation sites (N-methyl/N-ethyl adjacent to an activating group) is 1. The van der Waals surface area contributed by atoms with E-state index in [0.717, 1.165) is 10.0 Å². The van der Waals surface area contributed by atoms with Crippen molar-refractivity contribution in [2.75, 3.05) is 20.6 Å². The molecule has 1 aromatic carbocycles. The highest BCUT2D eigenvalue weighted by molar-refractivity contribution is 9.10. The Morgan fingerprint density at radius 3 is 2.62 bits per heavy atom. The molecule has 0 aromatic heterocycles. The number of halogens is 1. The average molecular weight is 285 g/mol. The van der Waals surface area contributed by atoms with Crippen molar-refractivity contribution in [1.29, 1.82) is 0 Å². The highest BCUT2D eigenvalue weighted by atomic mass is 79.9. The number of carbonyl (C=O) groups excluding carboxylic acids is 1. The van der Waals surface area contributed by atoms with Crippen LogP contribution in [0.2, 0.25) is 0 Å². The van der Waals surface area contributed by atoms with Crippen LogP contribution in [0.4, 0.5) is 0 Å². The van der Waals surface area contributed by atoms with Crippen LogP contribution in [0.5, 0.6) is 0 Å². The SMILES string of the molecule is C[C@@H](NCC(=O)N(C)C)c1ccccc1Br. The van der Waals surface area contributed by atoms with Crippen molar-refractivity contribution in [3.63, 3.8) is 0 Å². The van der Waals surface area contributed by atoms with Crippen LogP contribution >= 0.6 is 15.9 Å². The van der Waals surface area contributed by atoms with E-state index in [0.29, 0.717) is 6.54 Å². The highest BCUT2D eigenvalue weighted by Gasteiger charge is 2.10. The summed E-state index contributed by atoms with van der Waals surface area (Å²) >= 11 is 3.50. The molecule has 0 aliphatic carbocycles. The van der Waals surface area contributed by atoms with Crippen LogP contribution in [-0.2, 0) is 4.79 Å². The molecule has 0 spiro atoms. The van der Waals surface area contributed by atoms with E-state index in [1.54, 1.807) is 19.0 Å². The van der Waals surface area contributed by atoms with Crippen LogP contribution in [0.25, 0.3) is 0 Å². The molecule has 1 aromatic rings. The molecule has 1 atom stereocenters. The Kier molecular flexibility index (Phi) is 4.96. The monoisotopic (exact) mass is 284 g/mol. The molecule has 0 fully saturated rings. The molecule has 88 valence electrons. The van der Waals surface area contributed by atoms with Crippen LogP contribution in [0, 0.1) is 0 Å². The lowest BCUT2D eigenvalue weighted by molar-refractivity contribution is -0.127. The van der Waals surface area contributed by atoms with Gasteiger partial charge in [0.25, 0.3) is 0 Å². The predicted octanol–water partition coefficient (Wildman–Crippen LogP) is 2.19. The third kappa shape index (κ3) is 3.61. The Labute approximate surface area is 105 Å².